The highest BCUT2D eigenvalue weighted by atomic mass is 127. The Kier molecular flexibility index (Phi) is 2.55. The average molecular weight is 280 g/mol. The molecule has 1 amide bonds. The van der Waals surface area contributed by atoms with Crippen LogP contribution in [0.3, 0.4) is 0 Å². The predicted molar refractivity (Wildman–Crippen MR) is 55.1 cm³/mol. The monoisotopic (exact) mass is 280 g/mol. The quantitative estimate of drug-likeness (QED) is 0.505. The van der Waals surface area contributed by atoms with Crippen LogP contribution in [0.5, 0.6) is 0 Å². The Balaban J connectivity index is 2.04. The number of carbonyl (C=O) groups is 1. The van der Waals surface area contributed by atoms with Gasteiger partial charge in [0.05, 0.1) is 12.6 Å². The first kappa shape index (κ1) is 8.74. The Morgan fingerprint density at radius 2 is 2.25 bits per heavy atom. The van der Waals surface area contributed by atoms with E-state index in [9.17, 15) is 4.79 Å². The van der Waals surface area contributed by atoms with Crippen LogP contribution in [0.25, 0.3) is 0 Å². The lowest BCUT2D eigenvalue weighted by Gasteiger charge is -2.37. The third kappa shape index (κ3) is 1.59. The number of halogens is 1. The van der Waals surface area contributed by atoms with E-state index in [0.29, 0.717) is 12.7 Å². The molecule has 3 unspecified atom stereocenters. The second-order valence-corrected chi connectivity index (χ2v) is 5.31. The second kappa shape index (κ2) is 3.49. The van der Waals surface area contributed by atoms with E-state index < -0.39 is 0 Å². The molecular formula is C8H13IN2O. The van der Waals surface area contributed by atoms with Gasteiger partial charge in [0.2, 0.25) is 5.91 Å². The second-order valence-electron chi connectivity index (χ2n) is 3.55. The maximum Gasteiger partial charge on any atom is 0.225 e. The van der Waals surface area contributed by atoms with E-state index in [0.717, 1.165) is 16.8 Å². The van der Waals surface area contributed by atoms with E-state index in [-0.39, 0.29) is 11.8 Å². The molecule has 2 N–H and O–H groups in total. The molecule has 0 aromatic heterocycles. The first-order chi connectivity index (χ1) is 5.77. The molecular weight excluding hydrogens is 267 g/mol. The van der Waals surface area contributed by atoms with Crippen LogP contribution in [0.4, 0.5) is 0 Å². The standard InChI is InChI=1S/C8H13IN2O/c9-5-1-2-6-7(3-5)10-4-11-8(6)12/h5-7,10H,1-4H2,(H,11,12). The van der Waals surface area contributed by atoms with Gasteiger partial charge in [-0.3, -0.25) is 10.1 Å². The number of hydrogen-bond acceptors (Lipinski definition) is 2. The van der Waals surface area contributed by atoms with Crippen molar-refractivity contribution in [3.05, 3.63) is 0 Å². The fourth-order valence-electron chi connectivity index (χ4n) is 2.06. The van der Waals surface area contributed by atoms with E-state index in [4.69, 9.17) is 0 Å². The minimum Gasteiger partial charge on any atom is -0.343 e. The van der Waals surface area contributed by atoms with Gasteiger partial charge >= 0.3 is 0 Å². The molecule has 2 rings (SSSR count). The van der Waals surface area contributed by atoms with E-state index in [1.165, 1.54) is 6.42 Å². The van der Waals surface area contributed by atoms with Crippen LogP contribution in [0.15, 0.2) is 0 Å². The summed E-state index contributed by atoms with van der Waals surface area (Å²) in [5, 5.41) is 6.19. The van der Waals surface area contributed by atoms with Crippen LogP contribution in [-0.4, -0.2) is 22.5 Å². The summed E-state index contributed by atoms with van der Waals surface area (Å²) < 4.78 is 0.752. The number of hydrogen-bond donors (Lipinski definition) is 2. The molecule has 1 heterocycles. The summed E-state index contributed by atoms with van der Waals surface area (Å²) in [7, 11) is 0. The lowest BCUT2D eigenvalue weighted by Crippen LogP contribution is -2.57. The Labute approximate surface area is 85.8 Å². The van der Waals surface area contributed by atoms with Crippen LogP contribution < -0.4 is 10.6 Å². The van der Waals surface area contributed by atoms with Crippen molar-refractivity contribution in [1.29, 1.82) is 0 Å². The van der Waals surface area contributed by atoms with Gasteiger partial charge in [0, 0.05) is 9.97 Å². The lowest BCUT2D eigenvalue weighted by molar-refractivity contribution is -0.128. The molecule has 2 fully saturated rings. The summed E-state index contributed by atoms with van der Waals surface area (Å²) in [4.78, 5) is 11.4. The highest BCUT2D eigenvalue weighted by Crippen LogP contribution is 2.30. The van der Waals surface area contributed by atoms with Crippen molar-refractivity contribution in [2.45, 2.75) is 29.2 Å². The van der Waals surface area contributed by atoms with E-state index in [2.05, 4.69) is 33.2 Å². The first-order valence-electron chi connectivity index (χ1n) is 4.42. The van der Waals surface area contributed by atoms with Crippen LogP contribution >= 0.6 is 22.6 Å². The van der Waals surface area contributed by atoms with Crippen LogP contribution in [-0.2, 0) is 4.79 Å². The van der Waals surface area contributed by atoms with Crippen molar-refractivity contribution in [1.82, 2.24) is 10.6 Å². The number of alkyl halides is 1. The third-order valence-electron chi connectivity index (χ3n) is 2.75. The molecule has 1 saturated heterocycles. The molecule has 0 bridgehead atoms. The molecule has 0 aromatic rings. The predicted octanol–water partition coefficient (Wildman–Crippen LogP) is 0.636. The maximum absolute atomic E-state index is 11.4. The summed E-state index contributed by atoms with van der Waals surface area (Å²) >= 11 is 2.48. The zero-order chi connectivity index (χ0) is 8.55. The summed E-state index contributed by atoms with van der Waals surface area (Å²) in [5.74, 6) is 0.492. The van der Waals surface area contributed by atoms with Crippen LogP contribution in [0.2, 0.25) is 0 Å². The minimum absolute atomic E-state index is 0.241. The highest BCUT2D eigenvalue weighted by molar-refractivity contribution is 14.1. The number of carbonyl (C=O) groups excluding carboxylic acids is 1. The number of nitrogens with one attached hydrogen (secondary N) is 2. The van der Waals surface area contributed by atoms with Crippen molar-refractivity contribution < 1.29 is 4.79 Å². The van der Waals surface area contributed by atoms with E-state index in [1.54, 1.807) is 0 Å². The van der Waals surface area contributed by atoms with Gasteiger partial charge in [-0.25, -0.2) is 0 Å². The van der Waals surface area contributed by atoms with Gasteiger partial charge in [-0.1, -0.05) is 22.6 Å². The number of rotatable bonds is 0. The van der Waals surface area contributed by atoms with Crippen LogP contribution in [0.1, 0.15) is 19.3 Å². The first-order valence-corrected chi connectivity index (χ1v) is 5.67. The largest absolute Gasteiger partial charge is 0.343 e. The molecule has 1 saturated carbocycles. The Morgan fingerprint density at radius 3 is 3.08 bits per heavy atom. The molecule has 0 radical (unpaired) electrons. The van der Waals surface area contributed by atoms with Crippen molar-refractivity contribution in [3.63, 3.8) is 0 Å². The van der Waals surface area contributed by atoms with Gasteiger partial charge < -0.3 is 5.32 Å². The summed E-state index contributed by atoms with van der Waals surface area (Å²) in [6.07, 6.45) is 3.40. The molecule has 4 heteroatoms. The van der Waals surface area contributed by atoms with E-state index in [1.807, 2.05) is 0 Å². The normalized spacial score (nSPS) is 41.8. The smallest absolute Gasteiger partial charge is 0.225 e. The molecule has 1 aliphatic heterocycles. The zero-order valence-corrected chi connectivity index (χ0v) is 9.00. The Morgan fingerprint density at radius 1 is 1.42 bits per heavy atom. The van der Waals surface area contributed by atoms with Gasteiger partial charge in [0.25, 0.3) is 0 Å². The summed E-state index contributed by atoms with van der Waals surface area (Å²) in [6, 6.07) is 0.439. The minimum atomic E-state index is 0.241. The fourth-order valence-corrected chi connectivity index (χ4v) is 2.97. The molecule has 3 nitrogen and oxygen atoms in total. The summed E-state index contributed by atoms with van der Waals surface area (Å²) in [5.41, 5.74) is 0. The van der Waals surface area contributed by atoms with Crippen molar-refractivity contribution in [2.24, 2.45) is 5.92 Å². The van der Waals surface area contributed by atoms with E-state index >= 15 is 0 Å². The maximum atomic E-state index is 11.4. The van der Waals surface area contributed by atoms with Gasteiger partial charge in [-0.05, 0) is 19.3 Å². The molecule has 0 aromatic carbocycles. The molecule has 1 aliphatic carbocycles. The Hall–Kier alpha value is 0.160. The number of fused-ring (bicyclic) bond motifs is 1. The fraction of sp³-hybridized carbons (Fsp3) is 0.875. The Bertz CT molecular complexity index is 197. The molecule has 12 heavy (non-hydrogen) atoms. The van der Waals surface area contributed by atoms with Crippen molar-refractivity contribution in [2.75, 3.05) is 6.67 Å². The molecule has 2 aliphatic rings. The SMILES string of the molecule is O=C1NCNC2CC(I)CCC12. The van der Waals surface area contributed by atoms with Crippen LogP contribution in [0, 0.1) is 5.92 Å². The number of amides is 1. The highest BCUT2D eigenvalue weighted by Gasteiger charge is 2.36. The van der Waals surface area contributed by atoms with Gasteiger partial charge in [0.1, 0.15) is 0 Å². The zero-order valence-electron chi connectivity index (χ0n) is 6.85. The third-order valence-corrected chi connectivity index (χ3v) is 3.88. The van der Waals surface area contributed by atoms with Crippen molar-refractivity contribution in [3.8, 4) is 0 Å². The summed E-state index contributed by atoms with van der Waals surface area (Å²) in [6.45, 7) is 0.656. The lowest BCUT2D eigenvalue weighted by atomic mass is 9.83. The van der Waals surface area contributed by atoms with Gasteiger partial charge in [-0.15, -0.1) is 0 Å². The molecule has 3 atom stereocenters. The molecule has 0 spiro atoms. The van der Waals surface area contributed by atoms with Gasteiger partial charge in [0.15, 0.2) is 0 Å². The van der Waals surface area contributed by atoms with Gasteiger partial charge in [-0.2, -0.15) is 0 Å². The molecule has 68 valence electrons. The topological polar surface area (TPSA) is 41.1 Å². The van der Waals surface area contributed by atoms with Crippen molar-refractivity contribution >= 4 is 28.5 Å². The average Bonchev–Trinajstić information content (AvgIpc) is 2.04.